The molecule has 2 rings (SSSR count). The van der Waals surface area contributed by atoms with E-state index in [1.807, 2.05) is 24.3 Å². The molecule has 1 aliphatic rings. The Kier molecular flexibility index (Phi) is 4.17. The van der Waals surface area contributed by atoms with E-state index < -0.39 is 0 Å². The van der Waals surface area contributed by atoms with Gasteiger partial charge in [-0.05, 0) is 24.3 Å². The Morgan fingerprint density at radius 2 is 1.89 bits per heavy atom. The molecule has 0 heterocycles. The molecule has 4 heteroatoms. The Hall–Kier alpha value is -1.16. The number of hydrogen-bond acceptors (Lipinski definition) is 3. The van der Waals surface area contributed by atoms with E-state index in [9.17, 15) is 9.59 Å². The van der Waals surface area contributed by atoms with Crippen molar-refractivity contribution >= 4 is 27.7 Å². The van der Waals surface area contributed by atoms with Crippen LogP contribution in [0.25, 0.3) is 0 Å². The first-order chi connectivity index (χ1) is 8.65. The summed E-state index contributed by atoms with van der Waals surface area (Å²) in [6.45, 7) is 0. The van der Waals surface area contributed by atoms with E-state index in [1.165, 1.54) is 12.7 Å². The molecule has 0 radical (unpaired) electrons. The van der Waals surface area contributed by atoms with Gasteiger partial charge in [0.25, 0.3) is 0 Å². The number of ketones is 1. The molecular weight excluding hydrogens is 296 g/mol. The van der Waals surface area contributed by atoms with Crippen LogP contribution >= 0.6 is 15.9 Å². The van der Waals surface area contributed by atoms with E-state index in [4.69, 9.17) is 4.74 Å². The highest BCUT2D eigenvalue weighted by atomic mass is 79.9. The number of Topliss-reactive ketones (excluding diaryl/α,β-unsaturated/α-hetero) is 1. The summed E-state index contributed by atoms with van der Waals surface area (Å²) in [5.74, 6) is 0.436. The van der Waals surface area contributed by atoms with E-state index in [0.29, 0.717) is 11.2 Å². The molecule has 0 N–H and O–H groups in total. The molecule has 1 aromatic rings. The second kappa shape index (κ2) is 5.65. The Labute approximate surface area is 115 Å². The molecule has 1 aromatic carbocycles. The number of hydrogen-bond donors (Lipinski definition) is 0. The van der Waals surface area contributed by atoms with Gasteiger partial charge in [-0.15, -0.1) is 0 Å². The third-order valence-corrected chi connectivity index (χ3v) is 4.01. The smallest absolute Gasteiger partial charge is 0.308 e. The Morgan fingerprint density at radius 3 is 2.39 bits per heavy atom. The lowest BCUT2D eigenvalue weighted by Crippen LogP contribution is -2.29. The molecule has 1 aliphatic carbocycles. The maximum Gasteiger partial charge on any atom is 0.308 e. The van der Waals surface area contributed by atoms with Crippen LogP contribution in [-0.4, -0.2) is 24.2 Å². The van der Waals surface area contributed by atoms with Crippen molar-refractivity contribution in [2.24, 2.45) is 5.92 Å². The van der Waals surface area contributed by atoms with Crippen LogP contribution < -0.4 is 0 Å². The summed E-state index contributed by atoms with van der Waals surface area (Å²) in [4.78, 5) is 22.7. The minimum atomic E-state index is -0.114. The van der Waals surface area contributed by atoms with Crippen molar-refractivity contribution in [3.63, 3.8) is 0 Å². The van der Waals surface area contributed by atoms with Gasteiger partial charge in [0, 0.05) is 5.56 Å². The number of carbonyl (C=O) groups excluding carboxylic acids is 2. The van der Waals surface area contributed by atoms with Crippen LogP contribution in [0.1, 0.15) is 34.7 Å². The highest BCUT2D eigenvalue weighted by Gasteiger charge is 2.35. The summed E-state index contributed by atoms with van der Waals surface area (Å²) < 4.78 is 4.71. The van der Waals surface area contributed by atoms with Crippen molar-refractivity contribution in [3.05, 3.63) is 35.4 Å². The molecule has 1 saturated carbocycles. The highest BCUT2D eigenvalue weighted by molar-refractivity contribution is 9.09. The molecule has 0 unspecified atom stereocenters. The van der Waals surface area contributed by atoms with Crippen LogP contribution in [0.3, 0.4) is 0 Å². The maximum absolute atomic E-state index is 11.5. The normalized spacial score (nSPS) is 22.1. The minimum absolute atomic E-state index is 0.0452. The molecule has 0 aliphatic heterocycles. The SMILES string of the molecule is COC(=O)C1CC(c2ccc(C(=O)CBr)cc2)C1. The van der Waals surface area contributed by atoms with E-state index in [-0.39, 0.29) is 17.7 Å². The number of halogens is 1. The molecule has 96 valence electrons. The Balaban J connectivity index is 1.96. The number of alkyl halides is 1. The third-order valence-electron chi connectivity index (χ3n) is 3.50. The van der Waals surface area contributed by atoms with Gasteiger partial charge >= 0.3 is 5.97 Å². The van der Waals surface area contributed by atoms with Crippen molar-refractivity contribution in [1.29, 1.82) is 0 Å². The number of rotatable bonds is 4. The van der Waals surface area contributed by atoms with Gasteiger partial charge in [-0.3, -0.25) is 9.59 Å². The van der Waals surface area contributed by atoms with Crippen molar-refractivity contribution in [2.45, 2.75) is 18.8 Å². The van der Waals surface area contributed by atoms with Crippen molar-refractivity contribution < 1.29 is 14.3 Å². The standard InChI is InChI=1S/C14H15BrO3/c1-18-14(17)12-6-11(7-12)9-2-4-10(5-3-9)13(16)8-15/h2-5,11-12H,6-8H2,1H3. The van der Waals surface area contributed by atoms with Crippen LogP contribution in [0.5, 0.6) is 0 Å². The average molecular weight is 311 g/mol. The predicted octanol–water partition coefficient (Wildman–Crippen LogP) is 2.93. The summed E-state index contributed by atoms with van der Waals surface area (Å²) in [5, 5.41) is 0.347. The van der Waals surface area contributed by atoms with Crippen LogP contribution in [0.15, 0.2) is 24.3 Å². The zero-order valence-electron chi connectivity index (χ0n) is 10.2. The van der Waals surface area contributed by atoms with Gasteiger partial charge in [-0.25, -0.2) is 0 Å². The molecule has 1 fully saturated rings. The van der Waals surface area contributed by atoms with Gasteiger partial charge in [0.05, 0.1) is 18.4 Å². The molecule has 0 amide bonds. The van der Waals surface area contributed by atoms with Gasteiger partial charge in [0.15, 0.2) is 5.78 Å². The van der Waals surface area contributed by atoms with Gasteiger partial charge < -0.3 is 4.74 Å². The lowest BCUT2D eigenvalue weighted by Gasteiger charge is -2.33. The van der Waals surface area contributed by atoms with E-state index in [0.717, 1.165) is 18.4 Å². The number of ether oxygens (including phenoxy) is 1. The quantitative estimate of drug-likeness (QED) is 0.488. The number of esters is 1. The minimum Gasteiger partial charge on any atom is -0.469 e. The van der Waals surface area contributed by atoms with E-state index >= 15 is 0 Å². The summed E-state index contributed by atoms with van der Waals surface area (Å²) >= 11 is 3.15. The van der Waals surface area contributed by atoms with E-state index in [1.54, 1.807) is 0 Å². The summed E-state index contributed by atoms with van der Waals surface area (Å²) in [5.41, 5.74) is 1.92. The fourth-order valence-electron chi connectivity index (χ4n) is 2.27. The number of carbonyl (C=O) groups is 2. The first-order valence-corrected chi connectivity index (χ1v) is 7.04. The number of benzene rings is 1. The summed E-state index contributed by atoms with van der Waals surface area (Å²) in [6.07, 6.45) is 1.69. The largest absolute Gasteiger partial charge is 0.469 e. The summed E-state index contributed by atoms with van der Waals surface area (Å²) in [7, 11) is 1.43. The van der Waals surface area contributed by atoms with Gasteiger partial charge in [0.1, 0.15) is 0 Å². The third kappa shape index (κ3) is 2.64. The molecule has 0 bridgehead atoms. The molecule has 0 atom stereocenters. The van der Waals surface area contributed by atoms with Crippen molar-refractivity contribution in [2.75, 3.05) is 12.4 Å². The summed E-state index contributed by atoms with van der Waals surface area (Å²) in [6, 6.07) is 7.66. The van der Waals surface area contributed by atoms with Gasteiger partial charge in [-0.2, -0.15) is 0 Å². The monoisotopic (exact) mass is 310 g/mol. The highest BCUT2D eigenvalue weighted by Crippen LogP contribution is 2.42. The molecule has 18 heavy (non-hydrogen) atoms. The second-order valence-corrected chi connectivity index (χ2v) is 5.13. The molecule has 0 aromatic heterocycles. The average Bonchev–Trinajstić information content (AvgIpc) is 2.36. The second-order valence-electron chi connectivity index (χ2n) is 4.57. The lowest BCUT2D eigenvalue weighted by molar-refractivity contribution is -0.148. The fourth-order valence-corrected chi connectivity index (χ4v) is 2.59. The van der Waals surface area contributed by atoms with Crippen LogP contribution in [0, 0.1) is 5.92 Å². The zero-order chi connectivity index (χ0) is 13.1. The Morgan fingerprint density at radius 1 is 1.28 bits per heavy atom. The first kappa shape index (κ1) is 13.3. The molecular formula is C14H15BrO3. The van der Waals surface area contributed by atoms with Crippen LogP contribution in [0.2, 0.25) is 0 Å². The zero-order valence-corrected chi connectivity index (χ0v) is 11.8. The lowest BCUT2D eigenvalue weighted by atomic mass is 9.71. The van der Waals surface area contributed by atoms with E-state index in [2.05, 4.69) is 15.9 Å². The molecule has 0 spiro atoms. The molecule has 0 saturated heterocycles. The topological polar surface area (TPSA) is 43.4 Å². The number of methoxy groups -OCH3 is 1. The van der Waals surface area contributed by atoms with Crippen LogP contribution in [-0.2, 0) is 9.53 Å². The Bertz CT molecular complexity index is 447. The van der Waals surface area contributed by atoms with Gasteiger partial charge in [0.2, 0.25) is 0 Å². The predicted molar refractivity (Wildman–Crippen MR) is 72.0 cm³/mol. The van der Waals surface area contributed by atoms with Crippen molar-refractivity contribution in [3.8, 4) is 0 Å². The molecule has 3 nitrogen and oxygen atoms in total. The van der Waals surface area contributed by atoms with Gasteiger partial charge in [-0.1, -0.05) is 40.2 Å². The maximum atomic E-state index is 11.5. The first-order valence-electron chi connectivity index (χ1n) is 5.92. The van der Waals surface area contributed by atoms with Crippen molar-refractivity contribution in [1.82, 2.24) is 0 Å². The fraction of sp³-hybridized carbons (Fsp3) is 0.429. The van der Waals surface area contributed by atoms with Crippen LogP contribution in [0.4, 0.5) is 0 Å².